The van der Waals surface area contributed by atoms with E-state index in [0.717, 1.165) is 26.2 Å². The monoisotopic (exact) mass is 539 g/mol. The summed E-state index contributed by atoms with van der Waals surface area (Å²) in [6.45, 7) is 2.04. The maximum absolute atomic E-state index is 13.5. The predicted octanol–water partition coefficient (Wildman–Crippen LogP) is 7.34. The van der Waals surface area contributed by atoms with Gasteiger partial charge in [0.25, 0.3) is 5.91 Å². The predicted molar refractivity (Wildman–Crippen MR) is 155 cm³/mol. The second-order valence-corrected chi connectivity index (χ2v) is 10.8. The molecule has 1 atom stereocenters. The molecule has 0 spiro atoms. The van der Waals surface area contributed by atoms with Crippen molar-refractivity contribution in [1.82, 2.24) is 4.98 Å². The number of rotatable bonds is 8. The fourth-order valence-corrected chi connectivity index (χ4v) is 5.87. The van der Waals surface area contributed by atoms with Gasteiger partial charge in [-0.25, -0.2) is 4.98 Å². The van der Waals surface area contributed by atoms with Crippen LogP contribution in [0.25, 0.3) is 10.2 Å². The molecule has 8 heteroatoms. The Balaban J connectivity index is 1.31. The number of hydrogen-bond donors (Lipinski definition) is 2. The Labute approximate surface area is 229 Å². The third kappa shape index (κ3) is 6.04. The quantitative estimate of drug-likeness (QED) is 0.202. The summed E-state index contributed by atoms with van der Waals surface area (Å²) in [5.74, 6) is 0.250. The number of carbonyl (C=O) groups excluding carboxylic acids is 2. The van der Waals surface area contributed by atoms with E-state index in [1.807, 2.05) is 73.7 Å². The third-order valence-electron chi connectivity index (χ3n) is 5.81. The Morgan fingerprint density at radius 2 is 1.68 bits per heavy atom. The number of amides is 2. The van der Waals surface area contributed by atoms with E-state index in [1.165, 1.54) is 23.1 Å². The molecule has 1 heterocycles. The zero-order chi connectivity index (χ0) is 26.5. The van der Waals surface area contributed by atoms with Crippen LogP contribution >= 0.6 is 23.1 Å². The molecule has 5 aromatic rings. The van der Waals surface area contributed by atoms with Crippen molar-refractivity contribution in [3.63, 3.8) is 0 Å². The lowest BCUT2D eigenvalue weighted by atomic mass is 10.1. The number of benzene rings is 4. The third-order valence-corrected chi connectivity index (χ3v) is 8.01. The number of nitrogens with zero attached hydrogens (tertiary/aromatic N) is 1. The van der Waals surface area contributed by atoms with E-state index < -0.39 is 5.25 Å². The summed E-state index contributed by atoms with van der Waals surface area (Å²) in [6, 6.07) is 30.2. The zero-order valence-corrected chi connectivity index (χ0v) is 22.4. The van der Waals surface area contributed by atoms with E-state index in [2.05, 4.69) is 21.7 Å². The maximum Gasteiger partial charge on any atom is 0.255 e. The van der Waals surface area contributed by atoms with E-state index in [4.69, 9.17) is 4.74 Å². The molecule has 190 valence electrons. The largest absolute Gasteiger partial charge is 0.497 e. The molecule has 0 fully saturated rings. The molecule has 0 aliphatic rings. The van der Waals surface area contributed by atoms with Gasteiger partial charge in [-0.2, -0.15) is 0 Å². The molecule has 5 rings (SSSR count). The van der Waals surface area contributed by atoms with Crippen LogP contribution in [0.1, 0.15) is 26.7 Å². The van der Waals surface area contributed by atoms with Crippen LogP contribution in [0.3, 0.4) is 0 Å². The van der Waals surface area contributed by atoms with Gasteiger partial charge in [0.05, 0.1) is 17.3 Å². The first-order chi connectivity index (χ1) is 18.5. The fourth-order valence-electron chi connectivity index (χ4n) is 3.88. The highest BCUT2D eigenvalue weighted by Crippen LogP contribution is 2.37. The van der Waals surface area contributed by atoms with Crippen molar-refractivity contribution >= 4 is 55.9 Å². The van der Waals surface area contributed by atoms with Gasteiger partial charge in [-0.05, 0) is 72.6 Å². The topological polar surface area (TPSA) is 80.3 Å². The summed E-state index contributed by atoms with van der Waals surface area (Å²) in [5, 5.41) is 6.01. The molecular weight excluding hydrogens is 514 g/mol. The second kappa shape index (κ2) is 11.5. The lowest BCUT2D eigenvalue weighted by Gasteiger charge is -2.16. The molecule has 2 N–H and O–H groups in total. The molecule has 38 heavy (non-hydrogen) atoms. The van der Waals surface area contributed by atoms with Crippen LogP contribution in [0.5, 0.6) is 5.75 Å². The lowest BCUT2D eigenvalue weighted by molar-refractivity contribution is -0.115. The van der Waals surface area contributed by atoms with E-state index >= 15 is 0 Å². The van der Waals surface area contributed by atoms with E-state index in [1.54, 1.807) is 31.4 Å². The van der Waals surface area contributed by atoms with E-state index in [0.29, 0.717) is 22.1 Å². The van der Waals surface area contributed by atoms with Gasteiger partial charge in [0.15, 0.2) is 5.13 Å². The number of thioether (sulfide) groups is 1. The Morgan fingerprint density at radius 3 is 2.45 bits per heavy atom. The van der Waals surface area contributed by atoms with Gasteiger partial charge in [0, 0.05) is 16.1 Å². The molecule has 1 aromatic heterocycles. The van der Waals surface area contributed by atoms with Crippen molar-refractivity contribution in [2.24, 2.45) is 0 Å². The summed E-state index contributed by atoms with van der Waals surface area (Å²) in [7, 11) is 1.57. The molecule has 0 bridgehead atoms. The number of aromatic nitrogens is 1. The highest BCUT2D eigenvalue weighted by Gasteiger charge is 2.23. The molecule has 0 aliphatic carbocycles. The number of methoxy groups -OCH3 is 1. The lowest BCUT2D eigenvalue weighted by Crippen LogP contribution is -2.18. The number of ether oxygens (including phenoxy) is 1. The Bertz CT molecular complexity index is 1580. The van der Waals surface area contributed by atoms with Crippen LogP contribution in [-0.2, 0) is 4.79 Å². The van der Waals surface area contributed by atoms with Crippen molar-refractivity contribution in [1.29, 1.82) is 0 Å². The van der Waals surface area contributed by atoms with Gasteiger partial charge < -0.3 is 15.4 Å². The summed E-state index contributed by atoms with van der Waals surface area (Å²) in [6.07, 6.45) is 0. The number of anilines is 2. The normalized spacial score (nSPS) is 11.6. The number of hydrogen-bond acceptors (Lipinski definition) is 6. The average molecular weight is 540 g/mol. The molecular formula is C30H25N3O3S2. The van der Waals surface area contributed by atoms with Crippen LogP contribution in [0, 0.1) is 6.92 Å². The standard InChI is InChI=1S/C30H25N3O3S2/c1-19-11-16-25-26(17-19)38-30(32-25)33-29(35)27(20-7-4-3-5-8-20)37-24-14-12-22(13-15-24)31-28(34)21-9-6-10-23(18-21)36-2/h3-18,27H,1-2H3,(H,31,34)(H,32,33,35). The van der Waals surface area contributed by atoms with Crippen molar-refractivity contribution < 1.29 is 14.3 Å². The van der Waals surface area contributed by atoms with Gasteiger partial charge >= 0.3 is 0 Å². The number of carbonyl (C=O) groups is 2. The summed E-state index contributed by atoms with van der Waals surface area (Å²) >= 11 is 2.91. The number of nitrogens with one attached hydrogen (secondary N) is 2. The molecule has 4 aromatic carbocycles. The van der Waals surface area contributed by atoms with Crippen LogP contribution in [-0.4, -0.2) is 23.9 Å². The van der Waals surface area contributed by atoms with Gasteiger partial charge in [-0.1, -0.05) is 53.8 Å². The van der Waals surface area contributed by atoms with E-state index in [-0.39, 0.29) is 11.8 Å². The average Bonchev–Trinajstić information content (AvgIpc) is 3.34. The summed E-state index contributed by atoms with van der Waals surface area (Å²) in [5.41, 5.74) is 4.08. The molecule has 6 nitrogen and oxygen atoms in total. The van der Waals surface area contributed by atoms with Crippen molar-refractivity contribution in [3.8, 4) is 5.75 Å². The first kappa shape index (κ1) is 25.5. The van der Waals surface area contributed by atoms with Crippen molar-refractivity contribution in [3.05, 3.63) is 114 Å². The van der Waals surface area contributed by atoms with Gasteiger partial charge in [0.1, 0.15) is 11.0 Å². The van der Waals surface area contributed by atoms with Crippen molar-refractivity contribution in [2.75, 3.05) is 17.7 Å². The molecule has 1 unspecified atom stereocenters. The molecule has 0 saturated heterocycles. The Morgan fingerprint density at radius 1 is 0.895 bits per heavy atom. The van der Waals surface area contributed by atoms with Crippen molar-refractivity contribution in [2.45, 2.75) is 17.1 Å². The van der Waals surface area contributed by atoms with Crippen LogP contribution in [0.2, 0.25) is 0 Å². The van der Waals surface area contributed by atoms with Gasteiger partial charge in [-0.3, -0.25) is 9.59 Å². The van der Waals surface area contributed by atoms with Gasteiger partial charge in [0.2, 0.25) is 5.91 Å². The highest BCUT2D eigenvalue weighted by molar-refractivity contribution is 8.00. The van der Waals surface area contributed by atoms with Crippen LogP contribution in [0.15, 0.2) is 102 Å². The van der Waals surface area contributed by atoms with E-state index in [9.17, 15) is 9.59 Å². The van der Waals surface area contributed by atoms with Crippen LogP contribution < -0.4 is 15.4 Å². The maximum atomic E-state index is 13.5. The first-order valence-corrected chi connectivity index (χ1v) is 13.6. The van der Waals surface area contributed by atoms with Gasteiger partial charge in [-0.15, -0.1) is 11.8 Å². The minimum Gasteiger partial charge on any atom is -0.497 e. The number of thiazole rings is 1. The fraction of sp³-hybridized carbons (Fsp3) is 0.100. The second-order valence-electron chi connectivity index (χ2n) is 8.60. The Hall–Kier alpha value is -4.14. The minimum absolute atomic E-state index is 0.146. The molecule has 0 radical (unpaired) electrons. The SMILES string of the molecule is COc1cccc(C(=O)Nc2ccc(SC(C(=O)Nc3nc4ccc(C)cc4s3)c3ccccc3)cc2)c1. The molecule has 0 saturated carbocycles. The molecule has 2 amide bonds. The summed E-state index contributed by atoms with van der Waals surface area (Å²) < 4.78 is 6.24. The first-order valence-electron chi connectivity index (χ1n) is 11.9. The smallest absolute Gasteiger partial charge is 0.255 e. The minimum atomic E-state index is -0.484. The van der Waals surface area contributed by atoms with Crippen LogP contribution in [0.4, 0.5) is 10.8 Å². The Kier molecular flexibility index (Phi) is 7.72. The summed E-state index contributed by atoms with van der Waals surface area (Å²) in [4.78, 5) is 31.6. The number of fused-ring (bicyclic) bond motifs is 1. The highest BCUT2D eigenvalue weighted by atomic mass is 32.2. The number of aryl methyl sites for hydroxylation is 1. The molecule has 0 aliphatic heterocycles. The zero-order valence-electron chi connectivity index (χ0n) is 20.8.